The number of hydrogen-bond donors (Lipinski definition) is 1. The molecule has 0 aromatic heterocycles. The summed E-state index contributed by atoms with van der Waals surface area (Å²) in [7, 11) is 0. The van der Waals surface area contributed by atoms with E-state index in [9.17, 15) is 9.90 Å². The molecule has 23 heavy (non-hydrogen) atoms. The Morgan fingerprint density at radius 3 is 2.43 bits per heavy atom. The van der Waals surface area contributed by atoms with Crippen LogP contribution in [-0.4, -0.2) is 23.8 Å². The number of carbonyl (C=O) groups excluding carboxylic acids is 1. The third-order valence-electron chi connectivity index (χ3n) is 3.84. The molecule has 0 fully saturated rings. The Hall–Kier alpha value is -1.09. The molecule has 134 valence electrons. The maximum atomic E-state index is 11.6. The molecule has 0 bridgehead atoms. The van der Waals surface area contributed by atoms with E-state index in [1.807, 2.05) is 6.08 Å². The Labute approximate surface area is 142 Å². The molecule has 0 aliphatic carbocycles. The fourth-order valence-electron chi connectivity index (χ4n) is 2.28. The minimum atomic E-state index is -0.374. The molecule has 0 aliphatic rings. The lowest BCUT2D eigenvalue weighted by Gasteiger charge is -2.09. The number of unbranched alkanes of at least 4 members (excludes halogenated alkanes) is 3. The van der Waals surface area contributed by atoms with E-state index in [4.69, 9.17) is 4.74 Å². The van der Waals surface area contributed by atoms with Crippen LogP contribution < -0.4 is 0 Å². The standard InChI is InChI=1S/C20H36O3/c1-5-6-7-8-12-19(21)13-14-20(22)23-16-15-18(4)11-9-10-17(2)3/h10,15,19,21H,5-9,11-14,16H2,1-4H3. The molecule has 1 N–H and O–H groups in total. The third-order valence-corrected chi connectivity index (χ3v) is 3.84. The van der Waals surface area contributed by atoms with E-state index in [1.165, 1.54) is 24.0 Å². The highest BCUT2D eigenvalue weighted by Gasteiger charge is 2.08. The number of aliphatic hydroxyl groups is 1. The highest BCUT2D eigenvalue weighted by Crippen LogP contribution is 2.10. The number of hydrogen-bond acceptors (Lipinski definition) is 3. The lowest BCUT2D eigenvalue weighted by Crippen LogP contribution is -2.12. The molecule has 0 saturated heterocycles. The molecular weight excluding hydrogens is 288 g/mol. The van der Waals surface area contributed by atoms with Crippen LogP contribution in [0.4, 0.5) is 0 Å². The normalized spacial score (nSPS) is 12.8. The van der Waals surface area contributed by atoms with Crippen LogP contribution >= 0.6 is 0 Å². The van der Waals surface area contributed by atoms with Gasteiger partial charge in [-0.15, -0.1) is 0 Å². The highest BCUT2D eigenvalue weighted by molar-refractivity contribution is 5.69. The molecule has 3 heteroatoms. The summed E-state index contributed by atoms with van der Waals surface area (Å²) in [5.74, 6) is -0.217. The number of esters is 1. The van der Waals surface area contributed by atoms with Crippen molar-refractivity contribution >= 4 is 5.97 Å². The van der Waals surface area contributed by atoms with Crippen molar-refractivity contribution in [2.24, 2.45) is 0 Å². The van der Waals surface area contributed by atoms with Gasteiger partial charge in [0.1, 0.15) is 6.61 Å². The molecule has 0 amide bonds. The van der Waals surface area contributed by atoms with Crippen LogP contribution in [0, 0.1) is 0 Å². The second kappa shape index (κ2) is 14.5. The third kappa shape index (κ3) is 15.6. The zero-order valence-electron chi connectivity index (χ0n) is 15.6. The number of allylic oxidation sites excluding steroid dienone is 3. The Morgan fingerprint density at radius 1 is 1.04 bits per heavy atom. The summed E-state index contributed by atoms with van der Waals surface area (Å²) < 4.78 is 5.19. The van der Waals surface area contributed by atoms with Gasteiger partial charge in [-0.2, -0.15) is 0 Å². The topological polar surface area (TPSA) is 46.5 Å². The van der Waals surface area contributed by atoms with E-state index >= 15 is 0 Å². The predicted octanol–water partition coefficient (Wildman–Crippen LogP) is 5.33. The van der Waals surface area contributed by atoms with Gasteiger partial charge in [0.2, 0.25) is 0 Å². The molecule has 1 unspecified atom stereocenters. The molecule has 0 heterocycles. The van der Waals surface area contributed by atoms with Gasteiger partial charge >= 0.3 is 5.97 Å². The van der Waals surface area contributed by atoms with Crippen LogP contribution in [-0.2, 0) is 9.53 Å². The predicted molar refractivity (Wildman–Crippen MR) is 97.4 cm³/mol. The maximum absolute atomic E-state index is 11.6. The lowest BCUT2D eigenvalue weighted by molar-refractivity contribution is -0.143. The second-order valence-corrected chi connectivity index (χ2v) is 6.60. The van der Waals surface area contributed by atoms with E-state index in [0.29, 0.717) is 19.4 Å². The molecule has 0 aliphatic heterocycles. The summed E-state index contributed by atoms with van der Waals surface area (Å²) in [6, 6.07) is 0. The Morgan fingerprint density at radius 2 is 1.78 bits per heavy atom. The fourth-order valence-corrected chi connectivity index (χ4v) is 2.28. The van der Waals surface area contributed by atoms with Crippen molar-refractivity contribution in [3.05, 3.63) is 23.3 Å². The zero-order valence-corrected chi connectivity index (χ0v) is 15.6. The number of aliphatic hydroxyl groups excluding tert-OH is 1. The Kier molecular flexibility index (Phi) is 13.8. The molecular formula is C20H36O3. The van der Waals surface area contributed by atoms with Gasteiger partial charge in [0, 0.05) is 6.42 Å². The van der Waals surface area contributed by atoms with Crippen molar-refractivity contribution < 1.29 is 14.6 Å². The van der Waals surface area contributed by atoms with Crippen molar-refractivity contribution in [1.29, 1.82) is 0 Å². The maximum Gasteiger partial charge on any atom is 0.306 e. The minimum absolute atomic E-state index is 0.217. The van der Waals surface area contributed by atoms with E-state index < -0.39 is 0 Å². The van der Waals surface area contributed by atoms with Gasteiger partial charge in [-0.1, -0.05) is 49.8 Å². The average molecular weight is 325 g/mol. The largest absolute Gasteiger partial charge is 0.461 e. The van der Waals surface area contributed by atoms with Gasteiger partial charge in [-0.25, -0.2) is 0 Å². The molecule has 0 spiro atoms. The summed E-state index contributed by atoms with van der Waals surface area (Å²) in [5, 5.41) is 9.83. The first-order valence-electron chi connectivity index (χ1n) is 9.08. The Bertz CT molecular complexity index is 365. The monoisotopic (exact) mass is 324 g/mol. The second-order valence-electron chi connectivity index (χ2n) is 6.60. The highest BCUT2D eigenvalue weighted by atomic mass is 16.5. The number of rotatable bonds is 13. The van der Waals surface area contributed by atoms with Gasteiger partial charge in [0.15, 0.2) is 0 Å². The molecule has 3 nitrogen and oxygen atoms in total. The smallest absolute Gasteiger partial charge is 0.306 e. The minimum Gasteiger partial charge on any atom is -0.461 e. The van der Waals surface area contributed by atoms with Gasteiger partial charge in [0.25, 0.3) is 0 Å². The lowest BCUT2D eigenvalue weighted by atomic mass is 10.1. The Balaban J connectivity index is 3.71. The molecule has 1 atom stereocenters. The van der Waals surface area contributed by atoms with E-state index in [2.05, 4.69) is 33.8 Å². The van der Waals surface area contributed by atoms with Gasteiger partial charge in [-0.05, 0) is 52.5 Å². The molecule has 0 aromatic carbocycles. The zero-order chi connectivity index (χ0) is 17.5. The first-order chi connectivity index (χ1) is 11.0. The van der Waals surface area contributed by atoms with Crippen LogP contribution in [0.2, 0.25) is 0 Å². The van der Waals surface area contributed by atoms with Crippen molar-refractivity contribution in [3.63, 3.8) is 0 Å². The first kappa shape index (κ1) is 21.9. The van der Waals surface area contributed by atoms with Crippen molar-refractivity contribution in [3.8, 4) is 0 Å². The molecule has 0 saturated carbocycles. The summed E-state index contributed by atoms with van der Waals surface area (Å²) in [4.78, 5) is 11.6. The van der Waals surface area contributed by atoms with Crippen LogP contribution in [0.15, 0.2) is 23.3 Å². The average Bonchev–Trinajstić information content (AvgIpc) is 2.49. The summed E-state index contributed by atoms with van der Waals surface area (Å²) >= 11 is 0. The van der Waals surface area contributed by atoms with Gasteiger partial charge in [0.05, 0.1) is 6.10 Å². The molecule has 0 rings (SSSR count). The van der Waals surface area contributed by atoms with E-state index in [0.717, 1.165) is 32.1 Å². The van der Waals surface area contributed by atoms with Crippen molar-refractivity contribution in [2.45, 2.75) is 91.6 Å². The fraction of sp³-hybridized carbons (Fsp3) is 0.750. The SMILES string of the molecule is CCCCCCC(O)CCC(=O)OCC=C(C)CCC=C(C)C. The van der Waals surface area contributed by atoms with Crippen LogP contribution in [0.25, 0.3) is 0 Å². The molecule has 0 radical (unpaired) electrons. The summed E-state index contributed by atoms with van der Waals surface area (Å²) in [5.41, 5.74) is 2.57. The quantitative estimate of drug-likeness (QED) is 0.283. The van der Waals surface area contributed by atoms with Gasteiger partial charge in [-0.3, -0.25) is 4.79 Å². The number of carbonyl (C=O) groups is 1. The van der Waals surface area contributed by atoms with Crippen LogP contribution in [0.1, 0.15) is 85.5 Å². The van der Waals surface area contributed by atoms with Crippen LogP contribution in [0.3, 0.4) is 0 Å². The first-order valence-corrected chi connectivity index (χ1v) is 9.08. The van der Waals surface area contributed by atoms with Gasteiger partial charge < -0.3 is 9.84 Å². The molecule has 0 aromatic rings. The summed E-state index contributed by atoms with van der Waals surface area (Å²) in [6.07, 6.45) is 12.1. The number of ether oxygens (including phenoxy) is 1. The van der Waals surface area contributed by atoms with Crippen molar-refractivity contribution in [2.75, 3.05) is 6.61 Å². The van der Waals surface area contributed by atoms with Crippen molar-refractivity contribution in [1.82, 2.24) is 0 Å². The van der Waals surface area contributed by atoms with E-state index in [-0.39, 0.29) is 12.1 Å². The summed E-state index contributed by atoms with van der Waals surface area (Å²) in [6.45, 7) is 8.76. The van der Waals surface area contributed by atoms with E-state index in [1.54, 1.807) is 0 Å². The van der Waals surface area contributed by atoms with Crippen LogP contribution in [0.5, 0.6) is 0 Å².